The summed E-state index contributed by atoms with van der Waals surface area (Å²) in [5.74, 6) is 3.22. The summed E-state index contributed by atoms with van der Waals surface area (Å²) in [4.78, 5) is 7.45. The number of fused-ring (bicyclic) bond motifs is 1. The van der Waals surface area contributed by atoms with Crippen LogP contribution in [0.4, 0.5) is 0 Å². The summed E-state index contributed by atoms with van der Waals surface area (Å²) in [6.45, 7) is 9.69. The van der Waals surface area contributed by atoms with Crippen molar-refractivity contribution < 1.29 is 9.47 Å². The Morgan fingerprint density at radius 3 is 2.71 bits per heavy atom. The molecule has 0 amide bonds. The van der Waals surface area contributed by atoms with Crippen molar-refractivity contribution in [1.82, 2.24) is 15.5 Å². The van der Waals surface area contributed by atoms with Gasteiger partial charge in [0.2, 0.25) is 0 Å². The van der Waals surface area contributed by atoms with E-state index in [9.17, 15) is 0 Å². The number of nitrogens with zero attached hydrogens (tertiary/aromatic N) is 2. The number of likely N-dealkylation sites (tertiary alicyclic amines) is 1. The first kappa shape index (κ1) is 21.5. The molecule has 2 N–H and O–H groups in total. The standard InChI is InChI=1S/C21H32N4O2.HI/c1-3-22-21(24-18-14-25(13-15(18)2)17-6-7-17)23-12-16-5-8-19-20(11-16)27-10-4-9-26-19;/h5,8,11,15,17-18H,3-4,6-7,9-10,12-14H2,1-2H3,(H2,22,23,24);1H. The molecule has 156 valence electrons. The Hall–Kier alpha value is -1.22. The van der Waals surface area contributed by atoms with E-state index >= 15 is 0 Å². The van der Waals surface area contributed by atoms with Gasteiger partial charge in [0.25, 0.3) is 0 Å². The molecule has 1 aromatic carbocycles. The number of guanidine groups is 1. The Balaban J connectivity index is 0.00000225. The van der Waals surface area contributed by atoms with Gasteiger partial charge in [-0.1, -0.05) is 13.0 Å². The molecule has 2 atom stereocenters. The van der Waals surface area contributed by atoms with Crippen LogP contribution in [-0.4, -0.2) is 55.8 Å². The van der Waals surface area contributed by atoms with Crippen LogP contribution in [0.2, 0.25) is 0 Å². The van der Waals surface area contributed by atoms with Crippen molar-refractivity contribution in [2.45, 2.75) is 51.7 Å². The molecule has 0 aromatic heterocycles. The summed E-state index contributed by atoms with van der Waals surface area (Å²) >= 11 is 0. The quantitative estimate of drug-likeness (QED) is 0.370. The maximum atomic E-state index is 5.79. The average Bonchev–Trinajstić information content (AvgIpc) is 3.47. The maximum Gasteiger partial charge on any atom is 0.191 e. The lowest BCUT2D eigenvalue weighted by atomic mass is 10.1. The maximum absolute atomic E-state index is 5.79. The number of nitrogens with one attached hydrogen (secondary N) is 2. The Kier molecular flexibility index (Phi) is 7.68. The minimum Gasteiger partial charge on any atom is -0.490 e. The van der Waals surface area contributed by atoms with Crippen LogP contribution in [0.3, 0.4) is 0 Å². The van der Waals surface area contributed by atoms with Crippen molar-refractivity contribution in [3.05, 3.63) is 23.8 Å². The van der Waals surface area contributed by atoms with Gasteiger partial charge in [0.1, 0.15) is 0 Å². The van der Waals surface area contributed by atoms with Crippen LogP contribution in [0.25, 0.3) is 0 Å². The zero-order valence-corrected chi connectivity index (χ0v) is 19.3. The normalized spacial score (nSPS) is 25.0. The molecule has 0 radical (unpaired) electrons. The second-order valence-electron chi connectivity index (χ2n) is 7.94. The summed E-state index contributed by atoms with van der Waals surface area (Å²) in [7, 11) is 0. The van der Waals surface area contributed by atoms with Gasteiger partial charge in [-0.25, -0.2) is 4.99 Å². The number of hydrogen-bond acceptors (Lipinski definition) is 4. The Morgan fingerprint density at radius 2 is 1.96 bits per heavy atom. The highest BCUT2D eigenvalue weighted by atomic mass is 127. The largest absolute Gasteiger partial charge is 0.490 e. The summed E-state index contributed by atoms with van der Waals surface area (Å²) in [5, 5.41) is 7.06. The molecule has 6 nitrogen and oxygen atoms in total. The van der Waals surface area contributed by atoms with Crippen molar-refractivity contribution >= 4 is 29.9 Å². The van der Waals surface area contributed by atoms with Crippen LogP contribution in [-0.2, 0) is 6.54 Å². The van der Waals surface area contributed by atoms with Gasteiger partial charge in [-0.15, -0.1) is 24.0 Å². The molecule has 0 spiro atoms. The molecule has 0 bridgehead atoms. The topological polar surface area (TPSA) is 58.1 Å². The second-order valence-corrected chi connectivity index (χ2v) is 7.94. The van der Waals surface area contributed by atoms with Gasteiger partial charge in [0.05, 0.1) is 19.8 Å². The van der Waals surface area contributed by atoms with Gasteiger partial charge >= 0.3 is 0 Å². The fourth-order valence-corrected chi connectivity index (χ4v) is 3.90. The molecule has 2 unspecified atom stereocenters. The van der Waals surface area contributed by atoms with Gasteiger partial charge < -0.3 is 20.1 Å². The molecule has 1 saturated carbocycles. The lowest BCUT2D eigenvalue weighted by Gasteiger charge is -2.20. The molecular weight excluding hydrogens is 467 g/mol. The van der Waals surface area contributed by atoms with Crippen LogP contribution in [0.1, 0.15) is 38.7 Å². The zero-order chi connectivity index (χ0) is 18.6. The van der Waals surface area contributed by atoms with Gasteiger partial charge in [0.15, 0.2) is 17.5 Å². The van der Waals surface area contributed by atoms with E-state index in [0.717, 1.165) is 55.2 Å². The van der Waals surface area contributed by atoms with E-state index in [1.165, 1.54) is 19.4 Å². The lowest BCUT2D eigenvalue weighted by molar-refractivity contribution is 0.297. The van der Waals surface area contributed by atoms with Crippen molar-refractivity contribution in [2.75, 3.05) is 32.8 Å². The Morgan fingerprint density at radius 1 is 1.18 bits per heavy atom. The molecule has 2 fully saturated rings. The number of aliphatic imine (C=N–C) groups is 1. The number of halogens is 1. The minimum atomic E-state index is 0. The number of hydrogen-bond donors (Lipinski definition) is 2. The average molecular weight is 500 g/mol. The number of rotatable bonds is 5. The minimum absolute atomic E-state index is 0. The van der Waals surface area contributed by atoms with Gasteiger partial charge in [-0.05, 0) is 43.4 Å². The first-order chi connectivity index (χ1) is 13.2. The van der Waals surface area contributed by atoms with E-state index in [1.807, 2.05) is 6.07 Å². The van der Waals surface area contributed by atoms with E-state index in [1.54, 1.807) is 0 Å². The molecule has 28 heavy (non-hydrogen) atoms. The van der Waals surface area contributed by atoms with Gasteiger partial charge in [-0.2, -0.15) is 0 Å². The van der Waals surface area contributed by atoms with Crippen molar-refractivity contribution in [1.29, 1.82) is 0 Å². The third-order valence-electron chi connectivity index (χ3n) is 5.60. The third kappa shape index (κ3) is 5.43. The molecular formula is C21H33IN4O2. The van der Waals surface area contributed by atoms with Gasteiger partial charge in [-0.3, -0.25) is 4.90 Å². The number of benzene rings is 1. The van der Waals surface area contributed by atoms with Crippen LogP contribution >= 0.6 is 24.0 Å². The van der Waals surface area contributed by atoms with E-state index in [-0.39, 0.29) is 24.0 Å². The first-order valence-corrected chi connectivity index (χ1v) is 10.4. The summed E-state index contributed by atoms with van der Waals surface area (Å²) in [5.41, 5.74) is 1.13. The molecule has 1 saturated heterocycles. The van der Waals surface area contributed by atoms with E-state index in [0.29, 0.717) is 25.1 Å². The van der Waals surface area contributed by atoms with E-state index in [4.69, 9.17) is 14.5 Å². The Bertz CT molecular complexity index is 680. The molecule has 4 rings (SSSR count). The SMILES string of the molecule is CCNC(=NCc1ccc2c(c1)OCCCO2)NC1CN(C2CC2)CC1C.I. The van der Waals surface area contributed by atoms with Crippen LogP contribution in [0.5, 0.6) is 11.5 Å². The van der Waals surface area contributed by atoms with Crippen LogP contribution in [0.15, 0.2) is 23.2 Å². The van der Waals surface area contributed by atoms with Crippen molar-refractivity contribution in [2.24, 2.45) is 10.9 Å². The highest BCUT2D eigenvalue weighted by molar-refractivity contribution is 14.0. The monoisotopic (exact) mass is 500 g/mol. The molecule has 2 heterocycles. The first-order valence-electron chi connectivity index (χ1n) is 10.4. The zero-order valence-electron chi connectivity index (χ0n) is 16.9. The highest BCUT2D eigenvalue weighted by Crippen LogP contribution is 2.32. The molecule has 1 aromatic rings. The second kappa shape index (κ2) is 10.0. The molecule has 2 aliphatic heterocycles. The van der Waals surface area contributed by atoms with Gasteiger partial charge in [0, 0.05) is 38.1 Å². The summed E-state index contributed by atoms with van der Waals surface area (Å²) in [6.07, 6.45) is 3.67. The fourth-order valence-electron chi connectivity index (χ4n) is 3.90. The fraction of sp³-hybridized carbons (Fsp3) is 0.667. The van der Waals surface area contributed by atoms with E-state index in [2.05, 4.69) is 41.5 Å². The highest BCUT2D eigenvalue weighted by Gasteiger charge is 2.38. The molecule has 3 aliphatic rings. The predicted octanol–water partition coefficient (Wildman–Crippen LogP) is 3.00. The molecule has 1 aliphatic carbocycles. The lowest BCUT2D eigenvalue weighted by Crippen LogP contribution is -2.46. The smallest absolute Gasteiger partial charge is 0.191 e. The summed E-state index contributed by atoms with van der Waals surface area (Å²) in [6, 6.07) is 7.43. The van der Waals surface area contributed by atoms with Crippen LogP contribution < -0.4 is 20.1 Å². The molecule has 7 heteroatoms. The Labute approximate surface area is 185 Å². The van der Waals surface area contributed by atoms with Crippen molar-refractivity contribution in [3.8, 4) is 11.5 Å². The van der Waals surface area contributed by atoms with E-state index < -0.39 is 0 Å². The van der Waals surface area contributed by atoms with Crippen LogP contribution in [0, 0.1) is 5.92 Å². The summed E-state index contributed by atoms with van der Waals surface area (Å²) < 4.78 is 11.5. The third-order valence-corrected chi connectivity index (χ3v) is 5.60. The predicted molar refractivity (Wildman–Crippen MR) is 123 cm³/mol. The number of ether oxygens (including phenoxy) is 2. The van der Waals surface area contributed by atoms with Crippen molar-refractivity contribution in [3.63, 3.8) is 0 Å².